The number of carbonyl (C=O) groups is 1. The predicted molar refractivity (Wildman–Crippen MR) is 134 cm³/mol. The second-order valence-electron chi connectivity index (χ2n) is 7.62. The summed E-state index contributed by atoms with van der Waals surface area (Å²) in [5.74, 6) is -0.0978. The van der Waals surface area contributed by atoms with Gasteiger partial charge in [0.15, 0.2) is 12.9 Å². The molecule has 0 fully saturated rings. The number of Topliss-reactive ketones (excluding diaryl/α,β-unsaturated/α-hetero) is 1. The fraction of sp³-hybridized carbons (Fsp3) is 0.0690. The maximum Gasteiger partial charge on any atom is 0.174 e. The molecule has 158 valence electrons. The summed E-state index contributed by atoms with van der Waals surface area (Å²) >= 11 is 0. The molecule has 0 radical (unpaired) electrons. The van der Waals surface area contributed by atoms with Gasteiger partial charge in [-0.1, -0.05) is 133 Å². The van der Waals surface area contributed by atoms with Crippen LogP contribution in [0.15, 0.2) is 127 Å². The number of rotatable bonds is 8. The topological polar surface area (TPSA) is 34.1 Å². The number of hydrogen-bond acceptors (Lipinski definition) is 2. The van der Waals surface area contributed by atoms with Crippen molar-refractivity contribution in [3.05, 3.63) is 139 Å². The first-order chi connectivity index (χ1) is 15.7. The zero-order chi connectivity index (χ0) is 22.2. The Labute approximate surface area is 189 Å². The molecule has 0 aliphatic rings. The van der Waals surface area contributed by atoms with Crippen molar-refractivity contribution < 1.29 is 9.36 Å². The zero-order valence-electron chi connectivity index (χ0n) is 17.7. The molecular formula is C29H25O2P. The maximum absolute atomic E-state index is 14.9. The van der Waals surface area contributed by atoms with Gasteiger partial charge < -0.3 is 4.57 Å². The molecule has 2 nitrogen and oxygen atoms in total. The SMILES string of the molecule is O=C(c1ccccc1)C(C/C=C\c1ccccc1)P(=O)(c1ccccc1)c1ccccc1. The highest BCUT2D eigenvalue weighted by molar-refractivity contribution is 7.80. The van der Waals surface area contributed by atoms with Crippen molar-refractivity contribution in [3.8, 4) is 0 Å². The van der Waals surface area contributed by atoms with E-state index in [9.17, 15) is 9.36 Å². The summed E-state index contributed by atoms with van der Waals surface area (Å²) < 4.78 is 14.9. The molecule has 4 rings (SSSR count). The van der Waals surface area contributed by atoms with E-state index in [0.717, 1.165) is 5.56 Å². The van der Waals surface area contributed by atoms with Crippen LogP contribution in [-0.2, 0) is 4.57 Å². The first-order valence-electron chi connectivity index (χ1n) is 10.7. The van der Waals surface area contributed by atoms with Gasteiger partial charge in [-0.15, -0.1) is 0 Å². The number of hydrogen-bond donors (Lipinski definition) is 0. The van der Waals surface area contributed by atoms with Crippen LogP contribution < -0.4 is 10.6 Å². The molecular weight excluding hydrogens is 411 g/mol. The molecule has 0 amide bonds. The monoisotopic (exact) mass is 436 g/mol. The van der Waals surface area contributed by atoms with Gasteiger partial charge in [0.05, 0.1) is 5.66 Å². The van der Waals surface area contributed by atoms with Crippen LogP contribution in [0.3, 0.4) is 0 Å². The molecule has 3 heteroatoms. The minimum atomic E-state index is -3.28. The van der Waals surface area contributed by atoms with Crippen molar-refractivity contribution in [1.82, 2.24) is 0 Å². The van der Waals surface area contributed by atoms with E-state index in [4.69, 9.17) is 0 Å². The van der Waals surface area contributed by atoms with Gasteiger partial charge in [-0.3, -0.25) is 4.79 Å². The Morgan fingerprint density at radius 1 is 0.656 bits per heavy atom. The van der Waals surface area contributed by atoms with Gasteiger partial charge in [-0.2, -0.15) is 0 Å². The van der Waals surface area contributed by atoms with Gasteiger partial charge in [0, 0.05) is 16.2 Å². The third-order valence-corrected chi connectivity index (χ3v) is 9.00. The van der Waals surface area contributed by atoms with Gasteiger partial charge >= 0.3 is 0 Å². The van der Waals surface area contributed by atoms with Gasteiger partial charge in [0.2, 0.25) is 0 Å². The Balaban J connectivity index is 1.82. The van der Waals surface area contributed by atoms with Crippen LogP contribution >= 0.6 is 7.14 Å². The normalized spacial score (nSPS) is 12.5. The molecule has 4 aromatic carbocycles. The summed E-state index contributed by atoms with van der Waals surface area (Å²) in [5, 5.41) is 1.40. The number of allylic oxidation sites excluding steroid dienone is 1. The zero-order valence-corrected chi connectivity index (χ0v) is 18.6. The summed E-state index contributed by atoms with van der Waals surface area (Å²) in [6, 6.07) is 38.0. The summed E-state index contributed by atoms with van der Waals surface area (Å²) in [5.41, 5.74) is 0.931. The molecule has 32 heavy (non-hydrogen) atoms. The standard InChI is InChI=1S/C29H25O2P/c30-29(25-17-7-2-8-18-25)28(23-13-16-24-14-5-1-6-15-24)32(31,26-19-9-3-10-20-26)27-21-11-4-12-22-27/h1-22,28H,23H2/b16-13-. The number of carbonyl (C=O) groups excluding carboxylic acids is 1. The molecule has 0 bridgehead atoms. The first kappa shape index (κ1) is 21.7. The third kappa shape index (κ3) is 4.72. The second kappa shape index (κ2) is 10.2. The lowest BCUT2D eigenvalue weighted by molar-refractivity contribution is 0.0987. The molecule has 0 spiro atoms. The van der Waals surface area contributed by atoms with Crippen LogP contribution in [-0.4, -0.2) is 11.4 Å². The molecule has 0 N–H and O–H groups in total. The fourth-order valence-corrected chi connectivity index (χ4v) is 7.07. The Kier molecular flexibility index (Phi) is 6.94. The Morgan fingerprint density at radius 2 is 1.09 bits per heavy atom. The van der Waals surface area contributed by atoms with Crippen LogP contribution in [0.2, 0.25) is 0 Å². The van der Waals surface area contributed by atoms with Crippen molar-refractivity contribution in [3.63, 3.8) is 0 Å². The fourth-order valence-electron chi connectivity index (χ4n) is 3.92. The number of ketones is 1. The van der Waals surface area contributed by atoms with Gasteiger partial charge in [0.1, 0.15) is 0 Å². The second-order valence-corrected chi connectivity index (χ2v) is 10.6. The molecule has 0 aromatic heterocycles. The first-order valence-corrected chi connectivity index (χ1v) is 12.5. The van der Waals surface area contributed by atoms with Gasteiger partial charge in [0.25, 0.3) is 0 Å². The highest BCUT2D eigenvalue weighted by atomic mass is 31.2. The Morgan fingerprint density at radius 3 is 1.59 bits per heavy atom. The molecule has 0 aliphatic carbocycles. The summed E-state index contributed by atoms with van der Waals surface area (Å²) in [7, 11) is -3.28. The Hall–Kier alpha value is -3.48. The minimum absolute atomic E-state index is 0.0978. The Bertz CT molecular complexity index is 1170. The molecule has 4 aromatic rings. The molecule has 0 saturated heterocycles. The number of benzene rings is 4. The van der Waals surface area contributed by atoms with Crippen LogP contribution in [0.1, 0.15) is 22.3 Å². The van der Waals surface area contributed by atoms with E-state index in [0.29, 0.717) is 22.6 Å². The lowest BCUT2D eigenvalue weighted by Crippen LogP contribution is -2.31. The van der Waals surface area contributed by atoms with Crippen molar-refractivity contribution in [2.75, 3.05) is 0 Å². The molecule has 0 heterocycles. The maximum atomic E-state index is 14.9. The smallest absolute Gasteiger partial charge is 0.174 e. The lowest BCUT2D eigenvalue weighted by Gasteiger charge is -2.27. The van der Waals surface area contributed by atoms with Crippen molar-refractivity contribution in [2.45, 2.75) is 12.1 Å². The van der Waals surface area contributed by atoms with Gasteiger partial charge in [-0.25, -0.2) is 0 Å². The van der Waals surface area contributed by atoms with E-state index in [1.54, 1.807) is 12.1 Å². The molecule has 1 unspecified atom stereocenters. The van der Waals surface area contributed by atoms with E-state index < -0.39 is 12.8 Å². The van der Waals surface area contributed by atoms with E-state index in [1.165, 1.54) is 0 Å². The van der Waals surface area contributed by atoms with Crippen LogP contribution in [0.5, 0.6) is 0 Å². The summed E-state index contributed by atoms with van der Waals surface area (Å²) in [6.07, 6.45) is 4.34. The van der Waals surface area contributed by atoms with Crippen molar-refractivity contribution in [1.29, 1.82) is 0 Å². The average Bonchev–Trinajstić information content (AvgIpc) is 2.88. The van der Waals surface area contributed by atoms with Crippen molar-refractivity contribution in [2.24, 2.45) is 0 Å². The largest absolute Gasteiger partial charge is 0.313 e. The summed E-state index contributed by atoms with van der Waals surface area (Å²) in [6.45, 7) is 0. The molecule has 1 atom stereocenters. The van der Waals surface area contributed by atoms with Crippen LogP contribution in [0, 0.1) is 0 Å². The van der Waals surface area contributed by atoms with Gasteiger partial charge in [-0.05, 0) is 12.0 Å². The highest BCUT2D eigenvalue weighted by Gasteiger charge is 2.40. The van der Waals surface area contributed by atoms with E-state index in [-0.39, 0.29) is 5.78 Å². The van der Waals surface area contributed by atoms with Crippen molar-refractivity contribution >= 4 is 29.6 Å². The highest BCUT2D eigenvalue weighted by Crippen LogP contribution is 2.51. The molecule has 0 saturated carbocycles. The quantitative estimate of drug-likeness (QED) is 0.238. The molecule has 0 aliphatic heterocycles. The average molecular weight is 436 g/mol. The third-order valence-electron chi connectivity index (χ3n) is 5.55. The van der Waals surface area contributed by atoms with E-state index in [2.05, 4.69) is 0 Å². The van der Waals surface area contributed by atoms with Crippen LogP contribution in [0.4, 0.5) is 0 Å². The minimum Gasteiger partial charge on any atom is -0.313 e. The van der Waals surface area contributed by atoms with E-state index >= 15 is 0 Å². The summed E-state index contributed by atoms with van der Waals surface area (Å²) in [4.78, 5) is 13.8. The van der Waals surface area contributed by atoms with E-state index in [1.807, 2.05) is 121 Å². The predicted octanol–water partition coefficient (Wildman–Crippen LogP) is 6.36. The lowest BCUT2D eigenvalue weighted by atomic mass is 10.1. The van der Waals surface area contributed by atoms with Crippen LogP contribution in [0.25, 0.3) is 6.08 Å².